The van der Waals surface area contributed by atoms with Crippen LogP contribution in [-0.2, 0) is 11.3 Å². The molecule has 100 valence electrons. The molecular formula is C13H15N3OS2. The summed E-state index contributed by atoms with van der Waals surface area (Å²) in [6.07, 6.45) is 1.69. The highest BCUT2D eigenvalue weighted by Crippen LogP contribution is 2.25. The van der Waals surface area contributed by atoms with E-state index in [1.54, 1.807) is 6.20 Å². The van der Waals surface area contributed by atoms with Gasteiger partial charge in [0.15, 0.2) is 5.13 Å². The maximum absolute atomic E-state index is 11.7. The molecule has 1 aromatic carbocycles. The van der Waals surface area contributed by atoms with Gasteiger partial charge in [-0.25, -0.2) is 4.98 Å². The second-order valence-electron chi connectivity index (χ2n) is 4.07. The zero-order valence-electron chi connectivity index (χ0n) is 10.6. The first-order valence-corrected chi connectivity index (χ1v) is 7.60. The van der Waals surface area contributed by atoms with E-state index >= 15 is 0 Å². The number of carbonyl (C=O) groups excluding carboxylic acids is 1. The van der Waals surface area contributed by atoms with E-state index in [-0.39, 0.29) is 5.91 Å². The lowest BCUT2D eigenvalue weighted by Crippen LogP contribution is -2.24. The number of aryl methyl sites for hydroxylation is 1. The number of nitrogens with two attached hydrogens (primary N) is 1. The molecule has 1 amide bonds. The van der Waals surface area contributed by atoms with Crippen molar-refractivity contribution in [3.63, 3.8) is 0 Å². The molecule has 2 aromatic rings. The minimum atomic E-state index is 0.0116. The first-order chi connectivity index (χ1) is 9.13. The Hall–Kier alpha value is -1.53. The number of nitrogen functional groups attached to an aromatic ring is 1. The van der Waals surface area contributed by atoms with E-state index in [4.69, 9.17) is 5.73 Å². The molecule has 0 fully saturated rings. The molecular weight excluding hydrogens is 278 g/mol. The third-order valence-corrected chi connectivity index (χ3v) is 4.48. The fraction of sp³-hybridized carbons (Fsp3) is 0.231. The Morgan fingerprint density at radius 2 is 2.16 bits per heavy atom. The van der Waals surface area contributed by atoms with E-state index in [2.05, 4.69) is 10.3 Å². The molecule has 0 atom stereocenters. The third kappa shape index (κ3) is 4.57. The number of amides is 1. The summed E-state index contributed by atoms with van der Waals surface area (Å²) < 4.78 is 0.961. The van der Waals surface area contributed by atoms with Gasteiger partial charge < -0.3 is 11.1 Å². The Morgan fingerprint density at radius 1 is 1.42 bits per heavy atom. The van der Waals surface area contributed by atoms with Crippen molar-refractivity contribution in [2.45, 2.75) is 17.7 Å². The normalized spacial score (nSPS) is 10.4. The Kier molecular flexibility index (Phi) is 4.81. The molecule has 2 rings (SSSR count). The third-order valence-electron chi connectivity index (χ3n) is 2.46. The van der Waals surface area contributed by atoms with Crippen molar-refractivity contribution in [3.8, 4) is 0 Å². The van der Waals surface area contributed by atoms with Crippen LogP contribution in [0.5, 0.6) is 0 Å². The fourth-order valence-corrected chi connectivity index (χ4v) is 3.02. The fourth-order valence-electron chi connectivity index (χ4n) is 1.43. The standard InChI is InChI=1S/C13H15N3OS2/c1-9-2-4-10(5-3-9)6-15-11(17)8-18-12-7-16-13(14)19-12/h2-5,7H,6,8H2,1H3,(H2,14,16)(H,15,17). The molecule has 6 heteroatoms. The summed E-state index contributed by atoms with van der Waals surface area (Å²) in [6, 6.07) is 8.12. The first kappa shape index (κ1) is 13.9. The van der Waals surface area contributed by atoms with Gasteiger partial charge in [0.1, 0.15) is 0 Å². The Morgan fingerprint density at radius 3 is 2.79 bits per heavy atom. The predicted octanol–water partition coefficient (Wildman–Crippen LogP) is 2.44. The predicted molar refractivity (Wildman–Crippen MR) is 80.3 cm³/mol. The van der Waals surface area contributed by atoms with Crippen molar-refractivity contribution in [1.29, 1.82) is 0 Å². The van der Waals surface area contributed by atoms with Crippen molar-refractivity contribution >= 4 is 34.1 Å². The van der Waals surface area contributed by atoms with Crippen LogP contribution in [0.2, 0.25) is 0 Å². The molecule has 19 heavy (non-hydrogen) atoms. The molecule has 0 aliphatic rings. The maximum Gasteiger partial charge on any atom is 0.230 e. The van der Waals surface area contributed by atoms with Crippen LogP contribution in [0.3, 0.4) is 0 Å². The summed E-state index contributed by atoms with van der Waals surface area (Å²) in [5.41, 5.74) is 7.84. The second kappa shape index (κ2) is 6.58. The number of anilines is 1. The second-order valence-corrected chi connectivity index (χ2v) is 6.41. The van der Waals surface area contributed by atoms with Crippen molar-refractivity contribution in [3.05, 3.63) is 41.6 Å². The number of aromatic nitrogens is 1. The van der Waals surface area contributed by atoms with Gasteiger partial charge in [-0.3, -0.25) is 4.79 Å². The van der Waals surface area contributed by atoms with Crippen LogP contribution in [0.4, 0.5) is 5.13 Å². The molecule has 1 heterocycles. The van der Waals surface area contributed by atoms with Crippen LogP contribution in [0.15, 0.2) is 34.7 Å². The number of benzene rings is 1. The van der Waals surface area contributed by atoms with Crippen LogP contribution in [0.25, 0.3) is 0 Å². The van der Waals surface area contributed by atoms with Crippen LogP contribution in [0.1, 0.15) is 11.1 Å². The van der Waals surface area contributed by atoms with Crippen molar-refractivity contribution in [2.75, 3.05) is 11.5 Å². The summed E-state index contributed by atoms with van der Waals surface area (Å²) >= 11 is 2.85. The monoisotopic (exact) mass is 293 g/mol. The van der Waals surface area contributed by atoms with E-state index in [1.807, 2.05) is 31.2 Å². The summed E-state index contributed by atoms with van der Waals surface area (Å²) in [6.45, 7) is 2.60. The largest absolute Gasteiger partial charge is 0.375 e. The molecule has 1 aromatic heterocycles. The summed E-state index contributed by atoms with van der Waals surface area (Å²) in [4.78, 5) is 15.6. The maximum atomic E-state index is 11.7. The minimum absolute atomic E-state index is 0.0116. The smallest absolute Gasteiger partial charge is 0.230 e. The number of nitrogens with one attached hydrogen (secondary N) is 1. The Labute approximate surface area is 120 Å². The molecule has 0 aliphatic heterocycles. The number of thioether (sulfide) groups is 1. The molecule has 0 saturated heterocycles. The Balaban J connectivity index is 1.74. The van der Waals surface area contributed by atoms with Crippen LogP contribution in [0, 0.1) is 6.92 Å². The van der Waals surface area contributed by atoms with Crippen molar-refractivity contribution in [2.24, 2.45) is 0 Å². The molecule has 3 N–H and O–H groups in total. The van der Waals surface area contributed by atoms with Crippen LogP contribution in [-0.4, -0.2) is 16.6 Å². The van der Waals surface area contributed by atoms with Gasteiger partial charge in [-0.2, -0.15) is 0 Å². The molecule has 0 spiro atoms. The summed E-state index contributed by atoms with van der Waals surface area (Å²) in [7, 11) is 0. The van der Waals surface area contributed by atoms with Crippen LogP contribution < -0.4 is 11.1 Å². The van der Waals surface area contributed by atoms with E-state index < -0.39 is 0 Å². The zero-order chi connectivity index (χ0) is 13.7. The highest BCUT2D eigenvalue weighted by atomic mass is 32.2. The molecule has 4 nitrogen and oxygen atoms in total. The van der Waals surface area contributed by atoms with Crippen molar-refractivity contribution < 1.29 is 4.79 Å². The van der Waals surface area contributed by atoms with Gasteiger partial charge in [0, 0.05) is 6.54 Å². The number of carbonyl (C=O) groups is 1. The van der Waals surface area contributed by atoms with Gasteiger partial charge in [-0.1, -0.05) is 41.2 Å². The molecule has 0 unspecified atom stereocenters. The summed E-state index contributed by atoms with van der Waals surface area (Å²) in [5.74, 6) is 0.394. The van der Waals surface area contributed by atoms with Crippen LogP contribution >= 0.6 is 23.1 Å². The molecule has 0 aliphatic carbocycles. The van der Waals surface area contributed by atoms with Gasteiger partial charge in [-0.05, 0) is 12.5 Å². The highest BCUT2D eigenvalue weighted by molar-refractivity contribution is 8.01. The van der Waals surface area contributed by atoms with Gasteiger partial charge in [0.2, 0.25) is 5.91 Å². The number of rotatable bonds is 5. The van der Waals surface area contributed by atoms with Crippen molar-refractivity contribution in [1.82, 2.24) is 10.3 Å². The highest BCUT2D eigenvalue weighted by Gasteiger charge is 2.05. The lowest BCUT2D eigenvalue weighted by Gasteiger charge is -2.05. The average molecular weight is 293 g/mol. The SMILES string of the molecule is Cc1ccc(CNC(=O)CSc2cnc(N)s2)cc1. The van der Waals surface area contributed by atoms with E-state index in [9.17, 15) is 4.79 Å². The topological polar surface area (TPSA) is 68.0 Å². The number of thiazole rings is 1. The molecule has 0 bridgehead atoms. The lowest BCUT2D eigenvalue weighted by molar-refractivity contribution is -0.118. The number of nitrogens with zero attached hydrogens (tertiary/aromatic N) is 1. The quantitative estimate of drug-likeness (QED) is 0.831. The van der Waals surface area contributed by atoms with Gasteiger partial charge in [0.25, 0.3) is 0 Å². The average Bonchev–Trinajstić information content (AvgIpc) is 2.81. The zero-order valence-corrected chi connectivity index (χ0v) is 12.2. The van der Waals surface area contributed by atoms with Gasteiger partial charge in [-0.15, -0.1) is 11.8 Å². The first-order valence-electron chi connectivity index (χ1n) is 5.80. The van der Waals surface area contributed by atoms with E-state index in [0.29, 0.717) is 17.4 Å². The van der Waals surface area contributed by atoms with Gasteiger partial charge >= 0.3 is 0 Å². The number of hydrogen-bond donors (Lipinski definition) is 2. The molecule has 0 radical (unpaired) electrons. The Bertz CT molecular complexity index is 551. The number of hydrogen-bond acceptors (Lipinski definition) is 5. The van der Waals surface area contributed by atoms with Gasteiger partial charge in [0.05, 0.1) is 16.2 Å². The van der Waals surface area contributed by atoms with E-state index in [1.165, 1.54) is 28.7 Å². The summed E-state index contributed by atoms with van der Waals surface area (Å²) in [5, 5.41) is 3.42. The minimum Gasteiger partial charge on any atom is -0.375 e. The van der Waals surface area contributed by atoms with E-state index in [0.717, 1.165) is 9.77 Å². The molecule has 0 saturated carbocycles. The lowest BCUT2D eigenvalue weighted by atomic mass is 10.1.